The smallest absolute Gasteiger partial charge is 0.0524 e. The lowest BCUT2D eigenvalue weighted by atomic mass is 10.2. The van der Waals surface area contributed by atoms with Gasteiger partial charge in [-0.1, -0.05) is 0 Å². The van der Waals surface area contributed by atoms with Crippen molar-refractivity contribution in [3.8, 4) is 0 Å². The number of aliphatic hydroxyl groups is 1. The highest BCUT2D eigenvalue weighted by Crippen LogP contribution is 2.29. The van der Waals surface area contributed by atoms with Gasteiger partial charge < -0.3 is 14.9 Å². The minimum atomic E-state index is -0.144. The van der Waals surface area contributed by atoms with Crippen LogP contribution >= 0.6 is 0 Å². The van der Waals surface area contributed by atoms with Crippen molar-refractivity contribution in [3.05, 3.63) is 0 Å². The number of nitrogens with zero attached hydrogens (tertiary/aromatic N) is 2. The summed E-state index contributed by atoms with van der Waals surface area (Å²) >= 11 is 0. The highest BCUT2D eigenvalue weighted by atomic mass is 16.3. The van der Waals surface area contributed by atoms with E-state index in [1.165, 1.54) is 45.6 Å². The fourth-order valence-electron chi connectivity index (χ4n) is 2.23. The lowest BCUT2D eigenvalue weighted by Gasteiger charge is -2.34. The molecule has 0 amide bonds. The summed E-state index contributed by atoms with van der Waals surface area (Å²) in [5.74, 6) is 1.02. The third-order valence-corrected chi connectivity index (χ3v) is 3.54. The molecule has 1 atom stereocenters. The van der Waals surface area contributed by atoms with Crippen LogP contribution in [0.15, 0.2) is 0 Å². The number of hydrogen-bond donors (Lipinski definition) is 1. The molecule has 3 heteroatoms. The molecule has 0 radical (unpaired) electrons. The van der Waals surface area contributed by atoms with E-state index in [1.807, 2.05) is 6.92 Å². The van der Waals surface area contributed by atoms with Crippen LogP contribution in [0.4, 0.5) is 0 Å². The Hall–Kier alpha value is -0.120. The van der Waals surface area contributed by atoms with Crippen molar-refractivity contribution in [1.82, 2.24) is 9.80 Å². The predicted octanol–water partition coefficient (Wildman–Crippen LogP) is 0.785. The Morgan fingerprint density at radius 2 is 1.73 bits per heavy atom. The highest BCUT2D eigenvalue weighted by molar-refractivity contribution is 4.80. The molecule has 15 heavy (non-hydrogen) atoms. The maximum absolute atomic E-state index is 9.23. The molecule has 2 fully saturated rings. The SMILES string of the molecule is CC(O)CCN1CCN(CC2CC2)CC1. The Kier molecular flexibility index (Phi) is 4.00. The summed E-state index contributed by atoms with van der Waals surface area (Å²) in [7, 11) is 0. The Bertz CT molecular complexity index is 184. The molecule has 1 unspecified atom stereocenters. The Morgan fingerprint density at radius 1 is 1.13 bits per heavy atom. The molecule has 0 bridgehead atoms. The highest BCUT2D eigenvalue weighted by Gasteiger charge is 2.26. The molecule has 1 heterocycles. The fourth-order valence-corrected chi connectivity index (χ4v) is 2.23. The van der Waals surface area contributed by atoms with E-state index in [2.05, 4.69) is 9.80 Å². The number of piperazine rings is 1. The lowest BCUT2D eigenvalue weighted by Crippen LogP contribution is -2.47. The summed E-state index contributed by atoms with van der Waals surface area (Å²) < 4.78 is 0. The average molecular weight is 212 g/mol. The third kappa shape index (κ3) is 4.09. The summed E-state index contributed by atoms with van der Waals surface area (Å²) in [6.45, 7) is 9.13. The predicted molar refractivity (Wildman–Crippen MR) is 61.9 cm³/mol. The molecular weight excluding hydrogens is 188 g/mol. The number of rotatable bonds is 5. The molecule has 0 spiro atoms. The second-order valence-corrected chi connectivity index (χ2v) is 5.22. The van der Waals surface area contributed by atoms with Crippen LogP contribution in [-0.4, -0.2) is 60.3 Å². The van der Waals surface area contributed by atoms with Crippen molar-refractivity contribution >= 4 is 0 Å². The molecule has 0 aromatic rings. The third-order valence-electron chi connectivity index (χ3n) is 3.54. The first-order valence-electron chi connectivity index (χ1n) is 6.37. The van der Waals surface area contributed by atoms with E-state index < -0.39 is 0 Å². The molecular formula is C12H24N2O. The van der Waals surface area contributed by atoms with Gasteiger partial charge in [-0.25, -0.2) is 0 Å². The normalized spacial score (nSPS) is 26.8. The minimum absolute atomic E-state index is 0.144. The summed E-state index contributed by atoms with van der Waals surface area (Å²) in [5, 5.41) is 9.23. The summed E-state index contributed by atoms with van der Waals surface area (Å²) in [6.07, 6.45) is 3.70. The van der Waals surface area contributed by atoms with Crippen LogP contribution in [0, 0.1) is 5.92 Å². The van der Waals surface area contributed by atoms with Gasteiger partial charge >= 0.3 is 0 Å². The van der Waals surface area contributed by atoms with Crippen LogP contribution < -0.4 is 0 Å². The van der Waals surface area contributed by atoms with Gasteiger partial charge in [0.2, 0.25) is 0 Å². The molecule has 1 aliphatic carbocycles. The summed E-state index contributed by atoms with van der Waals surface area (Å²) in [6, 6.07) is 0. The number of hydrogen-bond acceptors (Lipinski definition) is 3. The molecule has 1 saturated heterocycles. The average Bonchev–Trinajstić information content (AvgIpc) is 3.01. The molecule has 1 aliphatic heterocycles. The van der Waals surface area contributed by atoms with E-state index in [1.54, 1.807) is 0 Å². The first kappa shape index (κ1) is 11.4. The Labute approximate surface area is 93.1 Å². The van der Waals surface area contributed by atoms with Crippen LogP contribution in [0.25, 0.3) is 0 Å². The van der Waals surface area contributed by atoms with Crippen LogP contribution in [0.2, 0.25) is 0 Å². The second kappa shape index (κ2) is 5.28. The molecule has 1 N–H and O–H groups in total. The lowest BCUT2D eigenvalue weighted by molar-refractivity contribution is 0.106. The molecule has 88 valence electrons. The van der Waals surface area contributed by atoms with E-state index in [0.717, 1.165) is 18.9 Å². The van der Waals surface area contributed by atoms with E-state index in [0.29, 0.717) is 0 Å². The first-order valence-corrected chi connectivity index (χ1v) is 6.37. The molecule has 1 saturated carbocycles. The van der Waals surface area contributed by atoms with Crippen molar-refractivity contribution < 1.29 is 5.11 Å². The number of aliphatic hydroxyl groups excluding tert-OH is 1. The zero-order chi connectivity index (χ0) is 10.7. The van der Waals surface area contributed by atoms with Gasteiger partial charge in [-0.3, -0.25) is 0 Å². The molecule has 3 nitrogen and oxygen atoms in total. The van der Waals surface area contributed by atoms with Gasteiger partial charge in [-0.05, 0) is 32.1 Å². The molecule has 0 aromatic heterocycles. The van der Waals surface area contributed by atoms with Crippen molar-refractivity contribution in [3.63, 3.8) is 0 Å². The van der Waals surface area contributed by atoms with Gasteiger partial charge in [-0.15, -0.1) is 0 Å². The first-order chi connectivity index (χ1) is 7.24. The van der Waals surface area contributed by atoms with Gasteiger partial charge in [0.1, 0.15) is 0 Å². The van der Waals surface area contributed by atoms with Gasteiger partial charge in [0.25, 0.3) is 0 Å². The van der Waals surface area contributed by atoms with Gasteiger partial charge in [0.05, 0.1) is 6.10 Å². The zero-order valence-electron chi connectivity index (χ0n) is 9.86. The molecule has 2 rings (SSSR count). The zero-order valence-corrected chi connectivity index (χ0v) is 9.86. The largest absolute Gasteiger partial charge is 0.393 e. The second-order valence-electron chi connectivity index (χ2n) is 5.22. The van der Waals surface area contributed by atoms with Gasteiger partial charge in [-0.2, -0.15) is 0 Å². The Balaban J connectivity index is 1.58. The van der Waals surface area contributed by atoms with Crippen molar-refractivity contribution in [2.45, 2.75) is 32.3 Å². The van der Waals surface area contributed by atoms with Crippen LogP contribution in [0.1, 0.15) is 26.2 Å². The van der Waals surface area contributed by atoms with E-state index in [4.69, 9.17) is 0 Å². The topological polar surface area (TPSA) is 26.7 Å². The van der Waals surface area contributed by atoms with Crippen LogP contribution in [0.3, 0.4) is 0 Å². The molecule has 2 aliphatic rings. The van der Waals surface area contributed by atoms with E-state index in [-0.39, 0.29) is 6.10 Å². The maximum Gasteiger partial charge on any atom is 0.0524 e. The minimum Gasteiger partial charge on any atom is -0.393 e. The summed E-state index contributed by atoms with van der Waals surface area (Å²) in [4.78, 5) is 5.09. The Morgan fingerprint density at radius 3 is 2.27 bits per heavy atom. The maximum atomic E-state index is 9.23. The quantitative estimate of drug-likeness (QED) is 0.730. The van der Waals surface area contributed by atoms with Gasteiger partial charge in [0, 0.05) is 39.3 Å². The van der Waals surface area contributed by atoms with Crippen molar-refractivity contribution in [2.75, 3.05) is 39.3 Å². The van der Waals surface area contributed by atoms with Gasteiger partial charge in [0.15, 0.2) is 0 Å². The van der Waals surface area contributed by atoms with Crippen LogP contribution in [0.5, 0.6) is 0 Å². The fraction of sp³-hybridized carbons (Fsp3) is 1.00. The van der Waals surface area contributed by atoms with Crippen molar-refractivity contribution in [2.24, 2.45) is 5.92 Å². The van der Waals surface area contributed by atoms with E-state index >= 15 is 0 Å². The monoisotopic (exact) mass is 212 g/mol. The van der Waals surface area contributed by atoms with E-state index in [9.17, 15) is 5.11 Å². The summed E-state index contributed by atoms with van der Waals surface area (Å²) in [5.41, 5.74) is 0. The molecule has 0 aromatic carbocycles. The van der Waals surface area contributed by atoms with Crippen LogP contribution in [-0.2, 0) is 0 Å². The van der Waals surface area contributed by atoms with Crippen molar-refractivity contribution in [1.29, 1.82) is 0 Å². The standard InChI is InChI=1S/C12H24N2O/c1-11(15)4-5-13-6-8-14(9-7-13)10-12-2-3-12/h11-12,15H,2-10H2,1H3.